The summed E-state index contributed by atoms with van der Waals surface area (Å²) in [4.78, 5) is 23.5. The molecule has 0 bridgehead atoms. The summed E-state index contributed by atoms with van der Waals surface area (Å²) in [6, 6.07) is 5.95. The van der Waals surface area contributed by atoms with Gasteiger partial charge in [0, 0.05) is 29.5 Å². The molecule has 2 rings (SSSR count). The van der Waals surface area contributed by atoms with Gasteiger partial charge in [0.2, 0.25) is 0 Å². The zero-order valence-electron chi connectivity index (χ0n) is 14.7. The number of allylic oxidation sites excluding steroid dienone is 1. The van der Waals surface area contributed by atoms with Crippen LogP contribution in [0.15, 0.2) is 45.1 Å². The molecular weight excluding hydrogens is 324 g/mol. The third-order valence-electron chi connectivity index (χ3n) is 3.71. The van der Waals surface area contributed by atoms with Gasteiger partial charge in [-0.05, 0) is 45.9 Å². The Hall–Kier alpha value is -2.60. The largest absolute Gasteiger partial charge is 0.508 e. The molecule has 1 aromatic heterocycles. The molecule has 0 saturated heterocycles. The number of carbonyl (C=O) groups is 1. The lowest BCUT2D eigenvalue weighted by atomic mass is 9.93. The van der Waals surface area contributed by atoms with Gasteiger partial charge in [-0.15, -0.1) is 0 Å². The van der Waals surface area contributed by atoms with Crippen molar-refractivity contribution in [2.24, 2.45) is 0 Å². The van der Waals surface area contributed by atoms with Gasteiger partial charge in [0.1, 0.15) is 17.4 Å². The summed E-state index contributed by atoms with van der Waals surface area (Å²) in [6.45, 7) is 6.52. The van der Waals surface area contributed by atoms with Crippen molar-refractivity contribution in [2.45, 2.75) is 45.8 Å². The number of phenols is 1. The van der Waals surface area contributed by atoms with E-state index in [1.54, 1.807) is 26.0 Å². The molecule has 0 spiro atoms. The Morgan fingerprint density at radius 1 is 1.28 bits per heavy atom. The van der Waals surface area contributed by atoms with E-state index in [0.29, 0.717) is 10.9 Å². The first-order valence-electron chi connectivity index (χ1n) is 7.90. The topological polar surface area (TPSA) is 97.0 Å². The molecule has 6 nitrogen and oxygen atoms in total. The van der Waals surface area contributed by atoms with Gasteiger partial charge in [-0.3, -0.25) is 0 Å². The predicted octanol–water partition coefficient (Wildman–Crippen LogP) is 2.69. The zero-order chi connectivity index (χ0) is 18.8. The van der Waals surface area contributed by atoms with Crippen LogP contribution in [0.3, 0.4) is 0 Å². The molecule has 1 aromatic carbocycles. The van der Waals surface area contributed by atoms with Gasteiger partial charge >= 0.3 is 11.6 Å². The first kappa shape index (κ1) is 18.7. The van der Waals surface area contributed by atoms with E-state index in [9.17, 15) is 19.8 Å². The maximum absolute atomic E-state index is 12.0. The van der Waals surface area contributed by atoms with E-state index < -0.39 is 23.3 Å². The summed E-state index contributed by atoms with van der Waals surface area (Å²) in [7, 11) is 0. The highest BCUT2D eigenvalue weighted by Crippen LogP contribution is 2.30. The Kier molecular flexibility index (Phi) is 5.33. The quantitative estimate of drug-likeness (QED) is 0.491. The van der Waals surface area contributed by atoms with Crippen LogP contribution in [0.25, 0.3) is 11.0 Å². The maximum Gasteiger partial charge on any atom is 0.336 e. The fourth-order valence-electron chi connectivity index (χ4n) is 2.41. The van der Waals surface area contributed by atoms with Crippen molar-refractivity contribution >= 4 is 16.9 Å². The molecule has 2 aromatic rings. The molecule has 1 heterocycles. The number of aromatic hydroxyl groups is 1. The summed E-state index contributed by atoms with van der Waals surface area (Å²) < 4.78 is 10.6. The van der Waals surface area contributed by atoms with Crippen molar-refractivity contribution in [1.82, 2.24) is 0 Å². The van der Waals surface area contributed by atoms with Crippen LogP contribution in [-0.2, 0) is 16.0 Å². The van der Waals surface area contributed by atoms with Gasteiger partial charge in [-0.2, -0.15) is 0 Å². The monoisotopic (exact) mass is 346 g/mol. The van der Waals surface area contributed by atoms with E-state index in [0.717, 1.165) is 5.57 Å². The lowest BCUT2D eigenvalue weighted by molar-refractivity contribution is -0.155. The number of fused-ring (bicyclic) bond motifs is 1. The molecule has 1 atom stereocenters. The normalized spacial score (nSPS) is 12.7. The van der Waals surface area contributed by atoms with Gasteiger partial charge in [0.25, 0.3) is 0 Å². The molecule has 0 aliphatic heterocycles. The summed E-state index contributed by atoms with van der Waals surface area (Å²) in [5, 5.41) is 21.2. The molecule has 0 amide bonds. The predicted molar refractivity (Wildman–Crippen MR) is 93.5 cm³/mol. The van der Waals surface area contributed by atoms with Gasteiger partial charge < -0.3 is 19.4 Å². The van der Waals surface area contributed by atoms with Gasteiger partial charge in [0.15, 0.2) is 0 Å². The van der Waals surface area contributed by atoms with E-state index in [1.807, 2.05) is 0 Å². The number of ether oxygens (including phenoxy) is 1. The smallest absolute Gasteiger partial charge is 0.336 e. The lowest BCUT2D eigenvalue weighted by Gasteiger charge is -2.29. The fourth-order valence-corrected chi connectivity index (χ4v) is 2.41. The van der Waals surface area contributed by atoms with E-state index in [1.165, 1.54) is 32.1 Å². The Morgan fingerprint density at radius 2 is 1.92 bits per heavy atom. The first-order valence-corrected chi connectivity index (χ1v) is 7.90. The van der Waals surface area contributed by atoms with Crippen molar-refractivity contribution in [2.75, 3.05) is 0 Å². The van der Waals surface area contributed by atoms with E-state index in [2.05, 4.69) is 0 Å². The molecule has 134 valence electrons. The molecule has 0 saturated carbocycles. The van der Waals surface area contributed by atoms with E-state index in [4.69, 9.17) is 9.15 Å². The molecular formula is C19H22O6. The zero-order valence-corrected chi connectivity index (χ0v) is 14.7. The number of hydrogen-bond acceptors (Lipinski definition) is 6. The minimum absolute atomic E-state index is 0.0119. The average molecular weight is 346 g/mol. The molecule has 0 fully saturated rings. The van der Waals surface area contributed by atoms with Crippen LogP contribution in [0.5, 0.6) is 5.75 Å². The SMILES string of the molecule is CC(C)=CC(=O)OC(Cc1c(O)ccc2ccc(=O)oc12)C(C)(C)O. The van der Waals surface area contributed by atoms with E-state index in [-0.39, 0.29) is 17.8 Å². The number of benzene rings is 1. The summed E-state index contributed by atoms with van der Waals surface area (Å²) >= 11 is 0. The van der Waals surface area contributed by atoms with Gasteiger partial charge in [-0.25, -0.2) is 9.59 Å². The number of phenolic OH excluding ortho intramolecular Hbond substituents is 1. The Bertz CT molecular complexity index is 866. The van der Waals surface area contributed by atoms with E-state index >= 15 is 0 Å². The molecule has 25 heavy (non-hydrogen) atoms. The van der Waals surface area contributed by atoms with Crippen LogP contribution in [0, 0.1) is 0 Å². The minimum Gasteiger partial charge on any atom is -0.508 e. The standard InChI is InChI=1S/C19H22O6/c1-11(2)9-17(22)24-15(19(3,4)23)10-13-14(20)7-5-12-6-8-16(21)25-18(12)13/h5-9,15,20,23H,10H2,1-4H3. The molecule has 6 heteroatoms. The average Bonchev–Trinajstić information content (AvgIpc) is 2.47. The van der Waals surface area contributed by atoms with Crippen molar-refractivity contribution in [1.29, 1.82) is 0 Å². The van der Waals surface area contributed by atoms with Crippen molar-refractivity contribution in [3.8, 4) is 5.75 Å². The number of aliphatic hydroxyl groups is 1. The second-order valence-electron chi connectivity index (χ2n) is 6.74. The van der Waals surface area contributed by atoms with Crippen LogP contribution in [0.1, 0.15) is 33.3 Å². The van der Waals surface area contributed by atoms with Crippen LogP contribution < -0.4 is 5.63 Å². The highest BCUT2D eigenvalue weighted by atomic mass is 16.6. The molecule has 0 aliphatic carbocycles. The molecule has 1 unspecified atom stereocenters. The number of carbonyl (C=O) groups excluding carboxylic acids is 1. The third-order valence-corrected chi connectivity index (χ3v) is 3.71. The fraction of sp³-hybridized carbons (Fsp3) is 0.368. The van der Waals surface area contributed by atoms with Crippen LogP contribution in [0.4, 0.5) is 0 Å². The lowest BCUT2D eigenvalue weighted by Crippen LogP contribution is -2.41. The van der Waals surface area contributed by atoms with Crippen LogP contribution in [-0.4, -0.2) is 27.9 Å². The third kappa shape index (κ3) is 4.70. The van der Waals surface area contributed by atoms with Crippen LogP contribution >= 0.6 is 0 Å². The molecule has 0 aliphatic rings. The number of rotatable bonds is 5. The summed E-state index contributed by atoms with van der Waals surface area (Å²) in [5.41, 5.74) is -0.652. The Morgan fingerprint density at radius 3 is 2.52 bits per heavy atom. The van der Waals surface area contributed by atoms with Crippen molar-refractivity contribution in [3.63, 3.8) is 0 Å². The van der Waals surface area contributed by atoms with Gasteiger partial charge in [-0.1, -0.05) is 5.57 Å². The highest BCUT2D eigenvalue weighted by molar-refractivity contribution is 5.83. The Balaban J connectivity index is 2.45. The minimum atomic E-state index is -1.37. The maximum atomic E-state index is 12.0. The Labute approximate surface area is 145 Å². The molecule has 0 radical (unpaired) electrons. The second kappa shape index (κ2) is 7.11. The molecule has 2 N–H and O–H groups in total. The highest BCUT2D eigenvalue weighted by Gasteiger charge is 2.32. The number of hydrogen-bond donors (Lipinski definition) is 2. The van der Waals surface area contributed by atoms with Crippen LogP contribution in [0.2, 0.25) is 0 Å². The summed E-state index contributed by atoms with van der Waals surface area (Å²) in [6.07, 6.45) is 0.363. The summed E-state index contributed by atoms with van der Waals surface area (Å²) in [5.74, 6) is -0.692. The van der Waals surface area contributed by atoms with Crippen molar-refractivity contribution < 1.29 is 24.2 Å². The first-order chi connectivity index (χ1) is 11.6. The van der Waals surface area contributed by atoms with Gasteiger partial charge in [0.05, 0.1) is 5.60 Å². The van der Waals surface area contributed by atoms with Crippen molar-refractivity contribution in [3.05, 3.63) is 51.9 Å². The number of esters is 1. The second-order valence-corrected chi connectivity index (χ2v) is 6.74.